The van der Waals surface area contributed by atoms with Crippen molar-refractivity contribution in [1.29, 1.82) is 0 Å². The molecule has 0 spiro atoms. The van der Waals surface area contributed by atoms with Crippen molar-refractivity contribution in [3.8, 4) is 5.75 Å². The van der Waals surface area contributed by atoms with Gasteiger partial charge in [0.2, 0.25) is 0 Å². The van der Waals surface area contributed by atoms with Crippen LogP contribution >= 0.6 is 0 Å². The van der Waals surface area contributed by atoms with Crippen LogP contribution < -0.4 is 4.74 Å². The summed E-state index contributed by atoms with van der Waals surface area (Å²) in [5.74, 6) is 0.616. The molecule has 0 amide bonds. The lowest BCUT2D eigenvalue weighted by Gasteiger charge is -2.01. The average Bonchev–Trinajstić information content (AvgIpc) is 2.44. The highest BCUT2D eigenvalue weighted by Crippen LogP contribution is 2.28. The molecule has 0 radical (unpaired) electrons. The monoisotopic (exact) mass is 162 g/mol. The van der Waals surface area contributed by atoms with Crippen molar-refractivity contribution < 1.29 is 9.53 Å². The number of fused-ring (bicyclic) bond motifs is 1. The summed E-state index contributed by atoms with van der Waals surface area (Å²) >= 11 is 0. The van der Waals surface area contributed by atoms with Crippen molar-refractivity contribution in [2.75, 3.05) is 0 Å². The van der Waals surface area contributed by atoms with E-state index in [1.165, 1.54) is 5.56 Å². The van der Waals surface area contributed by atoms with E-state index in [-0.39, 0.29) is 5.97 Å². The van der Waals surface area contributed by atoms with Gasteiger partial charge in [-0.3, -0.25) is 4.79 Å². The number of benzene rings is 1. The van der Waals surface area contributed by atoms with E-state index in [2.05, 4.69) is 6.92 Å². The largest absolute Gasteiger partial charge is 0.426 e. The van der Waals surface area contributed by atoms with E-state index in [4.69, 9.17) is 4.74 Å². The van der Waals surface area contributed by atoms with Crippen LogP contribution in [0.4, 0.5) is 0 Å². The highest BCUT2D eigenvalue weighted by molar-refractivity contribution is 5.81. The van der Waals surface area contributed by atoms with E-state index in [0.717, 1.165) is 17.7 Å². The molecule has 0 atom stereocenters. The van der Waals surface area contributed by atoms with Crippen LogP contribution in [0.5, 0.6) is 5.75 Å². The van der Waals surface area contributed by atoms with Gasteiger partial charge in [0.05, 0.1) is 6.42 Å². The molecule has 2 rings (SSSR count). The number of carbonyl (C=O) groups is 1. The summed E-state index contributed by atoms with van der Waals surface area (Å²) in [6, 6.07) is 5.82. The lowest BCUT2D eigenvalue weighted by atomic mass is 10.0. The maximum absolute atomic E-state index is 10.9. The highest BCUT2D eigenvalue weighted by atomic mass is 16.5. The van der Waals surface area contributed by atoms with Gasteiger partial charge in [0.1, 0.15) is 5.75 Å². The van der Waals surface area contributed by atoms with Crippen LogP contribution in [-0.2, 0) is 17.6 Å². The smallest absolute Gasteiger partial charge is 0.315 e. The first-order chi connectivity index (χ1) is 5.81. The Kier molecular flexibility index (Phi) is 1.61. The lowest BCUT2D eigenvalue weighted by Crippen LogP contribution is -2.00. The Morgan fingerprint density at radius 1 is 1.50 bits per heavy atom. The fourth-order valence-electron chi connectivity index (χ4n) is 1.54. The van der Waals surface area contributed by atoms with Crippen LogP contribution in [0.3, 0.4) is 0 Å². The Hall–Kier alpha value is -1.31. The van der Waals surface area contributed by atoms with Crippen molar-refractivity contribution >= 4 is 5.97 Å². The predicted molar refractivity (Wildman–Crippen MR) is 45.2 cm³/mol. The summed E-state index contributed by atoms with van der Waals surface area (Å²) < 4.78 is 5.01. The summed E-state index contributed by atoms with van der Waals surface area (Å²) in [4.78, 5) is 10.9. The average molecular weight is 162 g/mol. The van der Waals surface area contributed by atoms with E-state index >= 15 is 0 Å². The molecule has 0 saturated carbocycles. The third kappa shape index (κ3) is 0.998. The molecule has 0 bridgehead atoms. The molecule has 12 heavy (non-hydrogen) atoms. The van der Waals surface area contributed by atoms with Gasteiger partial charge in [0.25, 0.3) is 0 Å². The Morgan fingerprint density at radius 2 is 2.33 bits per heavy atom. The molecule has 0 fully saturated rings. The molecule has 1 aromatic rings. The van der Waals surface area contributed by atoms with Gasteiger partial charge in [-0.15, -0.1) is 0 Å². The third-order valence-electron chi connectivity index (χ3n) is 2.16. The predicted octanol–water partition coefficient (Wildman–Crippen LogP) is 1.71. The van der Waals surface area contributed by atoms with Crippen LogP contribution in [-0.4, -0.2) is 5.97 Å². The summed E-state index contributed by atoms with van der Waals surface area (Å²) in [7, 11) is 0. The van der Waals surface area contributed by atoms with E-state index < -0.39 is 0 Å². The molecule has 62 valence electrons. The minimum Gasteiger partial charge on any atom is -0.426 e. The van der Waals surface area contributed by atoms with Gasteiger partial charge in [-0.05, 0) is 18.1 Å². The SMILES string of the molecule is CCc1cccc2c1CC(=O)O2. The van der Waals surface area contributed by atoms with Crippen molar-refractivity contribution in [3.63, 3.8) is 0 Å². The van der Waals surface area contributed by atoms with Crippen molar-refractivity contribution in [3.05, 3.63) is 29.3 Å². The minimum absolute atomic E-state index is 0.133. The molecular formula is C10H10O2. The summed E-state index contributed by atoms with van der Waals surface area (Å²) in [6.45, 7) is 2.08. The first kappa shape index (κ1) is 7.35. The second kappa shape index (κ2) is 2.63. The van der Waals surface area contributed by atoms with Gasteiger partial charge in [-0.25, -0.2) is 0 Å². The lowest BCUT2D eigenvalue weighted by molar-refractivity contribution is -0.131. The van der Waals surface area contributed by atoms with Crippen LogP contribution in [0.25, 0.3) is 0 Å². The molecule has 0 aromatic heterocycles. The van der Waals surface area contributed by atoms with E-state index in [1.54, 1.807) is 0 Å². The highest BCUT2D eigenvalue weighted by Gasteiger charge is 2.21. The topological polar surface area (TPSA) is 26.3 Å². The van der Waals surface area contributed by atoms with E-state index in [9.17, 15) is 4.79 Å². The van der Waals surface area contributed by atoms with Crippen molar-refractivity contribution in [2.24, 2.45) is 0 Å². The van der Waals surface area contributed by atoms with E-state index in [1.807, 2.05) is 18.2 Å². The van der Waals surface area contributed by atoms with Gasteiger partial charge in [-0.2, -0.15) is 0 Å². The third-order valence-corrected chi connectivity index (χ3v) is 2.16. The zero-order valence-electron chi connectivity index (χ0n) is 6.96. The quantitative estimate of drug-likeness (QED) is 0.464. The van der Waals surface area contributed by atoms with Gasteiger partial charge < -0.3 is 4.74 Å². The molecular weight excluding hydrogens is 152 g/mol. The first-order valence-corrected chi connectivity index (χ1v) is 4.12. The number of hydrogen-bond donors (Lipinski definition) is 0. The molecule has 1 heterocycles. The van der Waals surface area contributed by atoms with Gasteiger partial charge >= 0.3 is 5.97 Å². The summed E-state index contributed by atoms with van der Waals surface area (Å²) in [5, 5.41) is 0. The van der Waals surface area contributed by atoms with Crippen LogP contribution in [0, 0.1) is 0 Å². The number of ether oxygens (including phenoxy) is 1. The van der Waals surface area contributed by atoms with Crippen LogP contribution in [0.15, 0.2) is 18.2 Å². The molecule has 1 aliphatic heterocycles. The Balaban J connectivity index is 2.51. The molecule has 0 unspecified atom stereocenters. The summed E-state index contributed by atoms with van der Waals surface area (Å²) in [6.07, 6.45) is 1.40. The van der Waals surface area contributed by atoms with Crippen molar-refractivity contribution in [1.82, 2.24) is 0 Å². The molecule has 1 aliphatic rings. The Bertz CT molecular complexity index is 329. The first-order valence-electron chi connectivity index (χ1n) is 4.12. The fraction of sp³-hybridized carbons (Fsp3) is 0.300. The molecule has 0 saturated heterocycles. The molecule has 0 aliphatic carbocycles. The molecule has 1 aromatic carbocycles. The maximum atomic E-state index is 10.9. The Morgan fingerprint density at radius 3 is 3.08 bits per heavy atom. The standard InChI is InChI=1S/C10H10O2/c1-2-7-4-3-5-9-8(7)6-10(11)12-9/h3-5H,2,6H2,1H3. The minimum atomic E-state index is -0.133. The Labute approximate surface area is 71.2 Å². The second-order valence-electron chi connectivity index (χ2n) is 2.90. The van der Waals surface area contributed by atoms with Crippen LogP contribution in [0.1, 0.15) is 18.1 Å². The maximum Gasteiger partial charge on any atom is 0.315 e. The van der Waals surface area contributed by atoms with Gasteiger partial charge in [-0.1, -0.05) is 19.1 Å². The number of aryl methyl sites for hydroxylation is 1. The van der Waals surface area contributed by atoms with Gasteiger partial charge in [0, 0.05) is 5.56 Å². The van der Waals surface area contributed by atoms with Gasteiger partial charge in [0.15, 0.2) is 0 Å². The zero-order valence-corrected chi connectivity index (χ0v) is 6.96. The molecule has 0 N–H and O–H groups in total. The number of carbonyl (C=O) groups excluding carboxylic acids is 1. The number of rotatable bonds is 1. The zero-order chi connectivity index (χ0) is 8.55. The van der Waals surface area contributed by atoms with Crippen molar-refractivity contribution in [2.45, 2.75) is 19.8 Å². The normalized spacial score (nSPS) is 14.2. The number of hydrogen-bond acceptors (Lipinski definition) is 2. The molecule has 2 nitrogen and oxygen atoms in total. The summed E-state index contributed by atoms with van der Waals surface area (Å²) in [5.41, 5.74) is 2.29. The molecule has 2 heteroatoms. The second-order valence-corrected chi connectivity index (χ2v) is 2.90. The van der Waals surface area contributed by atoms with E-state index in [0.29, 0.717) is 6.42 Å². The van der Waals surface area contributed by atoms with Crippen LogP contribution in [0.2, 0.25) is 0 Å². The number of esters is 1. The fourth-order valence-corrected chi connectivity index (χ4v) is 1.54.